The number of hydrogen-bond acceptors (Lipinski definition) is 1. The molecule has 1 saturated heterocycles. The molecule has 0 aromatic heterocycles. The Morgan fingerprint density at radius 1 is 0.923 bits per heavy atom. The van der Waals surface area contributed by atoms with Crippen LogP contribution in [0.1, 0.15) is 114 Å². The number of unbranched alkanes of at least 4 members (excludes halogenated alkanes) is 2. The lowest BCUT2D eigenvalue weighted by molar-refractivity contribution is -0.908. The predicted octanol–water partition coefficient (Wildman–Crippen LogP) is 6.03. The number of quaternary nitrogens is 1. The number of piperidine rings is 1. The van der Waals surface area contributed by atoms with Crippen LogP contribution in [0.2, 0.25) is 0 Å². The van der Waals surface area contributed by atoms with Gasteiger partial charge in [-0.15, -0.1) is 6.58 Å². The van der Waals surface area contributed by atoms with Gasteiger partial charge in [0.2, 0.25) is 0 Å². The molecule has 0 amide bonds. The van der Waals surface area contributed by atoms with Crippen molar-refractivity contribution in [3.63, 3.8) is 0 Å². The summed E-state index contributed by atoms with van der Waals surface area (Å²) in [5.41, 5.74) is 0.580. The highest BCUT2D eigenvalue weighted by Crippen LogP contribution is 2.27. The Balaban J connectivity index is -0.000000494. The van der Waals surface area contributed by atoms with Gasteiger partial charge < -0.3 is 10.2 Å². The van der Waals surface area contributed by atoms with Gasteiger partial charge in [-0.25, -0.2) is 0 Å². The molecule has 0 spiro atoms. The Kier molecular flexibility index (Phi) is 21.1. The highest BCUT2D eigenvalue weighted by atomic mass is 15.2. The first-order valence-corrected chi connectivity index (χ1v) is 11.2. The van der Waals surface area contributed by atoms with Crippen LogP contribution in [0, 0.1) is 0 Å². The zero-order valence-electron chi connectivity index (χ0n) is 20.5. The molecule has 1 unspecified atom stereocenters. The van der Waals surface area contributed by atoms with E-state index in [9.17, 15) is 0 Å². The summed E-state index contributed by atoms with van der Waals surface area (Å²) in [5.74, 6) is 0. The molecule has 1 fully saturated rings. The van der Waals surface area contributed by atoms with Crippen molar-refractivity contribution in [2.75, 3.05) is 13.6 Å². The van der Waals surface area contributed by atoms with Gasteiger partial charge in [0.1, 0.15) is 0 Å². The summed E-state index contributed by atoms with van der Waals surface area (Å²) in [7, 11) is 2.39. The molecule has 2 N–H and O–H groups in total. The largest absolute Gasteiger partial charge is 0.335 e. The van der Waals surface area contributed by atoms with Gasteiger partial charge in [0.25, 0.3) is 0 Å². The number of nitrogens with one attached hydrogen (secondary N) is 2. The van der Waals surface area contributed by atoms with E-state index >= 15 is 0 Å². The standard InChI is InChI=1S/C15H32N2.2C3H8.C3H6/c1-7-8-9-10-17(6)13-11-14(2,3)16-15(4,5)12-13;3*1-3-2/h13,16H,7-12H2,1-6H3;2*3H2,1-2H3;3H,1H2,2H3/p+1. The van der Waals surface area contributed by atoms with Crippen molar-refractivity contribution in [1.29, 1.82) is 0 Å². The summed E-state index contributed by atoms with van der Waals surface area (Å²) in [5, 5.41) is 3.77. The minimum absolute atomic E-state index is 0.290. The zero-order chi connectivity index (χ0) is 21.2. The maximum atomic E-state index is 3.77. The van der Waals surface area contributed by atoms with Crippen molar-refractivity contribution in [3.8, 4) is 0 Å². The Hall–Kier alpha value is -0.340. The van der Waals surface area contributed by atoms with Crippen LogP contribution < -0.4 is 10.2 Å². The summed E-state index contributed by atoms with van der Waals surface area (Å²) in [6, 6.07) is 0.818. The molecule has 160 valence electrons. The first kappa shape index (κ1) is 30.4. The number of rotatable bonds is 5. The van der Waals surface area contributed by atoms with Gasteiger partial charge in [-0.3, -0.25) is 0 Å². The van der Waals surface area contributed by atoms with E-state index in [2.05, 4.69) is 81.3 Å². The minimum atomic E-state index is 0.290. The fourth-order valence-electron chi connectivity index (χ4n) is 3.53. The molecule has 1 aliphatic heterocycles. The fraction of sp³-hybridized carbons (Fsp3) is 0.917. The second-order valence-corrected chi connectivity index (χ2v) is 9.12. The van der Waals surface area contributed by atoms with Crippen LogP contribution in [0.5, 0.6) is 0 Å². The van der Waals surface area contributed by atoms with E-state index in [1.54, 1.807) is 11.0 Å². The molecule has 0 aliphatic carbocycles. The van der Waals surface area contributed by atoms with Crippen molar-refractivity contribution in [3.05, 3.63) is 12.7 Å². The normalized spacial score (nSPS) is 18.7. The zero-order valence-corrected chi connectivity index (χ0v) is 20.5. The van der Waals surface area contributed by atoms with Gasteiger partial charge in [0, 0.05) is 23.9 Å². The van der Waals surface area contributed by atoms with Crippen LogP contribution in [0.15, 0.2) is 12.7 Å². The van der Waals surface area contributed by atoms with Crippen LogP contribution in [0.25, 0.3) is 0 Å². The van der Waals surface area contributed by atoms with Gasteiger partial charge in [-0.2, -0.15) is 0 Å². The molecule has 1 atom stereocenters. The SMILES string of the molecule is C=CC.CCC.CCC.CCCCC[NH+](C)C1CC(C)(C)NC(C)(C)C1. The molecule has 0 saturated carbocycles. The van der Waals surface area contributed by atoms with Crippen LogP contribution in [-0.2, 0) is 0 Å². The topological polar surface area (TPSA) is 16.5 Å². The van der Waals surface area contributed by atoms with E-state index in [1.165, 1.54) is 51.5 Å². The summed E-state index contributed by atoms with van der Waals surface area (Å²) in [4.78, 5) is 1.74. The molecule has 1 rings (SSSR count). The Bertz CT molecular complexity index is 277. The van der Waals surface area contributed by atoms with Crippen molar-refractivity contribution in [2.24, 2.45) is 0 Å². The van der Waals surface area contributed by atoms with E-state index in [-0.39, 0.29) is 0 Å². The summed E-state index contributed by atoms with van der Waals surface area (Å²) < 4.78 is 0. The molecule has 1 heterocycles. The maximum absolute atomic E-state index is 3.77. The van der Waals surface area contributed by atoms with Crippen LogP contribution in [0.3, 0.4) is 0 Å². The summed E-state index contributed by atoms with van der Waals surface area (Å²) in [6.45, 7) is 26.8. The lowest BCUT2D eigenvalue weighted by Gasteiger charge is -2.47. The predicted molar refractivity (Wildman–Crippen MR) is 123 cm³/mol. The molecule has 0 radical (unpaired) electrons. The first-order valence-electron chi connectivity index (χ1n) is 11.2. The lowest BCUT2D eigenvalue weighted by Crippen LogP contribution is -3.14. The highest BCUT2D eigenvalue weighted by molar-refractivity contribution is 4.96. The van der Waals surface area contributed by atoms with Crippen LogP contribution in [0.4, 0.5) is 0 Å². The molecule has 26 heavy (non-hydrogen) atoms. The lowest BCUT2D eigenvalue weighted by atomic mass is 9.79. The van der Waals surface area contributed by atoms with E-state index in [4.69, 9.17) is 0 Å². The minimum Gasteiger partial charge on any atom is -0.335 e. The molecule has 2 nitrogen and oxygen atoms in total. The molecular formula is C24H55N2+. The molecule has 0 aromatic rings. The third kappa shape index (κ3) is 20.0. The third-order valence-electron chi connectivity index (χ3n) is 4.06. The first-order chi connectivity index (χ1) is 12.0. The van der Waals surface area contributed by atoms with Gasteiger partial charge in [0.15, 0.2) is 0 Å². The fourth-order valence-corrected chi connectivity index (χ4v) is 3.53. The molecule has 0 bridgehead atoms. The third-order valence-corrected chi connectivity index (χ3v) is 4.06. The van der Waals surface area contributed by atoms with Crippen LogP contribution in [-0.4, -0.2) is 30.7 Å². The second-order valence-electron chi connectivity index (χ2n) is 9.12. The van der Waals surface area contributed by atoms with Crippen LogP contribution >= 0.6 is 0 Å². The van der Waals surface area contributed by atoms with Gasteiger partial charge in [-0.05, 0) is 47.5 Å². The Labute approximate surface area is 168 Å². The Morgan fingerprint density at radius 3 is 1.58 bits per heavy atom. The highest BCUT2D eigenvalue weighted by Gasteiger charge is 2.40. The van der Waals surface area contributed by atoms with Gasteiger partial charge >= 0.3 is 0 Å². The second kappa shape index (κ2) is 18.0. The average Bonchev–Trinajstić information content (AvgIpc) is 2.46. The van der Waals surface area contributed by atoms with E-state index in [1.807, 2.05) is 6.92 Å². The van der Waals surface area contributed by atoms with Crippen molar-refractivity contribution < 1.29 is 4.90 Å². The summed E-state index contributed by atoms with van der Waals surface area (Å²) >= 11 is 0. The van der Waals surface area contributed by atoms with Gasteiger partial charge in [-0.1, -0.05) is 60.0 Å². The van der Waals surface area contributed by atoms with Crippen molar-refractivity contribution >= 4 is 0 Å². The molecule has 2 heteroatoms. The quantitative estimate of drug-likeness (QED) is 0.446. The smallest absolute Gasteiger partial charge is 0.0907 e. The van der Waals surface area contributed by atoms with E-state index < -0.39 is 0 Å². The number of allylic oxidation sites excluding steroid dienone is 1. The average molecular weight is 372 g/mol. The molecule has 0 aromatic carbocycles. The summed E-state index contributed by atoms with van der Waals surface area (Å²) in [6.07, 6.45) is 10.9. The van der Waals surface area contributed by atoms with Gasteiger partial charge in [0.05, 0.1) is 19.6 Å². The van der Waals surface area contributed by atoms with Crippen molar-refractivity contribution in [1.82, 2.24) is 5.32 Å². The van der Waals surface area contributed by atoms with E-state index in [0.29, 0.717) is 11.1 Å². The van der Waals surface area contributed by atoms with Crippen molar-refractivity contribution in [2.45, 2.75) is 131 Å². The Morgan fingerprint density at radius 2 is 1.27 bits per heavy atom. The molecular weight excluding hydrogens is 316 g/mol. The monoisotopic (exact) mass is 371 g/mol. The number of hydrogen-bond donors (Lipinski definition) is 2. The molecule has 1 aliphatic rings. The maximum Gasteiger partial charge on any atom is 0.0907 e. The van der Waals surface area contributed by atoms with E-state index in [0.717, 1.165) is 6.04 Å².